The number of benzene rings is 2. The summed E-state index contributed by atoms with van der Waals surface area (Å²) in [5.74, 6) is -0.689. The summed E-state index contributed by atoms with van der Waals surface area (Å²) in [4.78, 5) is 26.2. The molecule has 4 heteroatoms. The molecule has 2 aromatic rings. The first-order chi connectivity index (χ1) is 12.1. The van der Waals surface area contributed by atoms with E-state index in [0.717, 1.165) is 17.5 Å². The molecule has 1 saturated heterocycles. The van der Waals surface area contributed by atoms with E-state index in [2.05, 4.69) is 0 Å². The van der Waals surface area contributed by atoms with Crippen LogP contribution < -0.4 is 0 Å². The summed E-state index contributed by atoms with van der Waals surface area (Å²) in [6.07, 6.45) is 2.11. The van der Waals surface area contributed by atoms with Gasteiger partial charge in [-0.2, -0.15) is 0 Å². The first-order valence-corrected chi connectivity index (χ1v) is 8.72. The van der Waals surface area contributed by atoms with Gasteiger partial charge in [0.25, 0.3) is 0 Å². The van der Waals surface area contributed by atoms with Gasteiger partial charge in [0.2, 0.25) is 5.91 Å². The predicted octanol–water partition coefficient (Wildman–Crippen LogP) is 3.26. The Kier molecular flexibility index (Phi) is 5.17. The molecular formula is C21H23NO3. The molecule has 4 nitrogen and oxygen atoms in total. The fraction of sp³-hybridized carbons (Fsp3) is 0.333. The molecule has 0 bridgehead atoms. The van der Waals surface area contributed by atoms with Crippen LogP contribution in [-0.4, -0.2) is 35.0 Å². The highest BCUT2D eigenvalue weighted by Gasteiger charge is 2.43. The highest BCUT2D eigenvalue weighted by molar-refractivity contribution is 5.82. The monoisotopic (exact) mass is 337 g/mol. The minimum absolute atomic E-state index is 0.107. The molecule has 1 N–H and O–H groups in total. The van der Waals surface area contributed by atoms with Crippen LogP contribution in [-0.2, 0) is 21.4 Å². The Morgan fingerprint density at radius 3 is 2.04 bits per heavy atom. The molecule has 0 aromatic heterocycles. The molecule has 1 aliphatic heterocycles. The Hall–Kier alpha value is -2.62. The molecule has 1 aliphatic rings. The van der Waals surface area contributed by atoms with Crippen LogP contribution >= 0.6 is 0 Å². The average Bonchev–Trinajstić information content (AvgIpc) is 2.67. The summed E-state index contributed by atoms with van der Waals surface area (Å²) in [5.41, 5.74) is 1.10. The van der Waals surface area contributed by atoms with E-state index in [9.17, 15) is 14.7 Å². The molecule has 2 aromatic carbocycles. The number of aryl methyl sites for hydroxylation is 1. The number of amides is 1. The van der Waals surface area contributed by atoms with Gasteiger partial charge in [0.1, 0.15) is 0 Å². The molecule has 1 fully saturated rings. The number of carbonyl (C=O) groups is 2. The number of carboxylic acids is 1. The van der Waals surface area contributed by atoms with Gasteiger partial charge in [0.05, 0.1) is 5.41 Å². The third-order valence-corrected chi connectivity index (χ3v) is 5.18. The van der Waals surface area contributed by atoms with Gasteiger partial charge in [-0.3, -0.25) is 9.59 Å². The lowest BCUT2D eigenvalue weighted by Gasteiger charge is -2.39. The van der Waals surface area contributed by atoms with Crippen molar-refractivity contribution in [2.24, 2.45) is 0 Å². The Labute approximate surface area is 148 Å². The third-order valence-electron chi connectivity index (χ3n) is 5.18. The van der Waals surface area contributed by atoms with Crippen molar-refractivity contribution in [2.75, 3.05) is 13.1 Å². The van der Waals surface area contributed by atoms with Gasteiger partial charge in [-0.05, 0) is 30.4 Å². The van der Waals surface area contributed by atoms with Crippen molar-refractivity contribution in [3.05, 3.63) is 71.8 Å². The third kappa shape index (κ3) is 3.73. The summed E-state index contributed by atoms with van der Waals surface area (Å²) < 4.78 is 0. The number of carbonyl (C=O) groups excluding carboxylic acids is 1. The zero-order chi connectivity index (χ0) is 17.7. The van der Waals surface area contributed by atoms with Crippen LogP contribution in [0.25, 0.3) is 0 Å². The Morgan fingerprint density at radius 1 is 0.920 bits per heavy atom. The molecule has 0 radical (unpaired) electrons. The molecule has 0 atom stereocenters. The lowest BCUT2D eigenvalue weighted by atomic mass is 9.73. The van der Waals surface area contributed by atoms with E-state index < -0.39 is 11.4 Å². The minimum atomic E-state index is -0.878. The van der Waals surface area contributed by atoms with Crippen LogP contribution in [0.4, 0.5) is 0 Å². The molecular weight excluding hydrogens is 314 g/mol. The number of rotatable bonds is 5. The maximum Gasteiger partial charge on any atom is 0.314 e. The Morgan fingerprint density at radius 2 is 1.48 bits per heavy atom. The van der Waals surface area contributed by atoms with Gasteiger partial charge >= 0.3 is 5.97 Å². The van der Waals surface area contributed by atoms with Crippen LogP contribution in [0.2, 0.25) is 0 Å². The molecule has 0 aliphatic carbocycles. The number of hydrogen-bond acceptors (Lipinski definition) is 2. The van der Waals surface area contributed by atoms with Crippen LogP contribution in [0.1, 0.15) is 30.4 Å². The number of nitrogens with zero attached hydrogens (tertiary/aromatic N) is 1. The van der Waals surface area contributed by atoms with Gasteiger partial charge in [-0.1, -0.05) is 60.7 Å². The summed E-state index contributed by atoms with van der Waals surface area (Å²) in [5, 5.41) is 9.82. The fourth-order valence-electron chi connectivity index (χ4n) is 3.58. The zero-order valence-electron chi connectivity index (χ0n) is 14.2. The second-order valence-electron chi connectivity index (χ2n) is 6.62. The van der Waals surface area contributed by atoms with E-state index in [1.54, 1.807) is 0 Å². The second kappa shape index (κ2) is 7.51. The smallest absolute Gasteiger partial charge is 0.314 e. The highest BCUT2D eigenvalue weighted by atomic mass is 16.4. The number of likely N-dealkylation sites (tertiary alicyclic amines) is 1. The molecule has 1 heterocycles. The van der Waals surface area contributed by atoms with E-state index in [4.69, 9.17) is 0 Å². The fourth-order valence-corrected chi connectivity index (χ4v) is 3.58. The van der Waals surface area contributed by atoms with Crippen molar-refractivity contribution in [1.82, 2.24) is 4.90 Å². The van der Waals surface area contributed by atoms with Gasteiger partial charge in [-0.25, -0.2) is 0 Å². The van der Waals surface area contributed by atoms with Gasteiger partial charge < -0.3 is 10.0 Å². The van der Waals surface area contributed by atoms with E-state index in [1.165, 1.54) is 0 Å². The number of aliphatic carboxylic acids is 1. The quantitative estimate of drug-likeness (QED) is 0.911. The summed E-state index contributed by atoms with van der Waals surface area (Å²) in [7, 11) is 0. The first-order valence-electron chi connectivity index (χ1n) is 8.72. The lowest BCUT2D eigenvalue weighted by Crippen LogP contribution is -2.49. The Balaban J connectivity index is 1.62. The normalized spacial score (nSPS) is 16.4. The van der Waals surface area contributed by atoms with Crippen LogP contribution in [0.15, 0.2) is 60.7 Å². The lowest BCUT2D eigenvalue weighted by molar-refractivity contribution is -0.148. The maximum atomic E-state index is 12.5. The van der Waals surface area contributed by atoms with Crippen molar-refractivity contribution < 1.29 is 14.7 Å². The van der Waals surface area contributed by atoms with Crippen LogP contribution in [0.5, 0.6) is 0 Å². The van der Waals surface area contributed by atoms with Gasteiger partial charge in [0.15, 0.2) is 0 Å². The summed E-state index contributed by atoms with van der Waals surface area (Å²) >= 11 is 0. The van der Waals surface area contributed by atoms with E-state index in [0.29, 0.717) is 32.4 Å². The SMILES string of the molecule is O=C(CCc1ccccc1)N1CCC(C(=O)O)(c2ccccc2)CC1. The first kappa shape index (κ1) is 17.2. The largest absolute Gasteiger partial charge is 0.481 e. The van der Waals surface area contributed by atoms with E-state index in [1.807, 2.05) is 65.6 Å². The summed E-state index contributed by atoms with van der Waals surface area (Å²) in [6, 6.07) is 19.3. The molecule has 3 rings (SSSR count). The topological polar surface area (TPSA) is 57.6 Å². The van der Waals surface area contributed by atoms with Crippen molar-refractivity contribution >= 4 is 11.9 Å². The second-order valence-corrected chi connectivity index (χ2v) is 6.62. The van der Waals surface area contributed by atoms with E-state index in [-0.39, 0.29) is 5.91 Å². The average molecular weight is 337 g/mol. The predicted molar refractivity (Wildman–Crippen MR) is 96.3 cm³/mol. The van der Waals surface area contributed by atoms with Gasteiger partial charge in [0, 0.05) is 19.5 Å². The van der Waals surface area contributed by atoms with E-state index >= 15 is 0 Å². The maximum absolute atomic E-state index is 12.5. The number of piperidine rings is 1. The zero-order valence-corrected chi connectivity index (χ0v) is 14.2. The minimum Gasteiger partial charge on any atom is -0.481 e. The van der Waals surface area contributed by atoms with Crippen molar-refractivity contribution in [3.8, 4) is 0 Å². The van der Waals surface area contributed by atoms with Crippen molar-refractivity contribution in [1.29, 1.82) is 0 Å². The highest BCUT2D eigenvalue weighted by Crippen LogP contribution is 2.36. The standard InChI is InChI=1S/C21H23NO3/c23-19(12-11-17-7-3-1-4-8-17)22-15-13-21(14-16-22,20(24)25)18-9-5-2-6-10-18/h1-10H,11-16H2,(H,24,25). The van der Waals surface area contributed by atoms with Gasteiger partial charge in [-0.15, -0.1) is 0 Å². The number of carboxylic acid groups (broad SMARTS) is 1. The molecule has 0 saturated carbocycles. The van der Waals surface area contributed by atoms with Crippen LogP contribution in [0.3, 0.4) is 0 Å². The van der Waals surface area contributed by atoms with Crippen molar-refractivity contribution in [2.45, 2.75) is 31.1 Å². The molecule has 25 heavy (non-hydrogen) atoms. The molecule has 0 spiro atoms. The molecule has 0 unspecified atom stereocenters. The Bertz CT molecular complexity index is 719. The summed E-state index contributed by atoms with van der Waals surface area (Å²) in [6.45, 7) is 0.990. The van der Waals surface area contributed by atoms with Crippen LogP contribution in [0, 0.1) is 0 Å². The molecule has 130 valence electrons. The number of hydrogen-bond donors (Lipinski definition) is 1. The molecule has 1 amide bonds. The van der Waals surface area contributed by atoms with Crippen molar-refractivity contribution in [3.63, 3.8) is 0 Å².